The number of rotatable bonds is 4. The van der Waals surface area contributed by atoms with Crippen LogP contribution in [0, 0.1) is 5.92 Å². The quantitative estimate of drug-likeness (QED) is 0.849. The normalized spacial score (nSPS) is 19.0. The number of hydrogen-bond acceptors (Lipinski definition) is 5. The molecule has 0 saturated carbocycles. The Bertz CT molecular complexity index is 580. The summed E-state index contributed by atoms with van der Waals surface area (Å²) in [6.07, 6.45) is 4.44. The number of aromatic amines is 1. The third-order valence-electron chi connectivity index (χ3n) is 3.97. The first kappa shape index (κ1) is 14.4. The van der Waals surface area contributed by atoms with Crippen molar-refractivity contribution >= 4 is 17.7 Å². The number of nitrogens with one attached hydrogen (secondary N) is 1. The topological polar surface area (TPSA) is 70.8 Å². The molecule has 0 radical (unpaired) electrons. The van der Waals surface area contributed by atoms with Crippen molar-refractivity contribution in [2.75, 3.05) is 30.8 Å². The molecule has 1 aliphatic heterocycles. The summed E-state index contributed by atoms with van der Waals surface area (Å²) in [6.45, 7) is 2.71. The molecule has 2 heterocycles. The molecule has 0 bridgehead atoms. The standard InChI is InChI=1S/C15H21N5S/c1-21-13-6-4-12(5-7-13)14-17-15(19-18-14)20-8-2-3-11(9-16)10-20/h4-7,11H,2-3,8-10,16H2,1H3,(H,17,18,19). The molecule has 3 rings (SSSR count). The van der Waals surface area contributed by atoms with Crippen molar-refractivity contribution in [3.8, 4) is 11.4 Å². The van der Waals surface area contributed by atoms with Gasteiger partial charge in [-0.15, -0.1) is 16.9 Å². The number of H-pyrrole nitrogens is 1. The van der Waals surface area contributed by atoms with E-state index in [4.69, 9.17) is 5.73 Å². The van der Waals surface area contributed by atoms with E-state index >= 15 is 0 Å². The molecule has 1 aliphatic rings. The molecule has 2 aromatic rings. The smallest absolute Gasteiger partial charge is 0.245 e. The Labute approximate surface area is 129 Å². The molecular weight excluding hydrogens is 282 g/mol. The number of nitrogens with two attached hydrogens (primary N) is 1. The number of aromatic nitrogens is 3. The average molecular weight is 303 g/mol. The minimum Gasteiger partial charge on any atom is -0.339 e. The van der Waals surface area contributed by atoms with Gasteiger partial charge in [0.15, 0.2) is 5.82 Å². The Morgan fingerprint density at radius 1 is 1.38 bits per heavy atom. The summed E-state index contributed by atoms with van der Waals surface area (Å²) in [5, 5.41) is 7.42. The first-order valence-electron chi connectivity index (χ1n) is 7.32. The van der Waals surface area contributed by atoms with Crippen molar-refractivity contribution in [2.24, 2.45) is 11.7 Å². The van der Waals surface area contributed by atoms with Crippen LogP contribution in [0.4, 0.5) is 5.95 Å². The van der Waals surface area contributed by atoms with Gasteiger partial charge in [0.1, 0.15) is 0 Å². The molecule has 1 fully saturated rings. The van der Waals surface area contributed by atoms with Gasteiger partial charge in [0, 0.05) is 23.5 Å². The van der Waals surface area contributed by atoms with E-state index in [0.717, 1.165) is 43.4 Å². The van der Waals surface area contributed by atoms with Crippen molar-refractivity contribution in [2.45, 2.75) is 17.7 Å². The van der Waals surface area contributed by atoms with Crippen molar-refractivity contribution in [1.29, 1.82) is 0 Å². The number of nitrogens with zero attached hydrogens (tertiary/aromatic N) is 3. The van der Waals surface area contributed by atoms with E-state index in [-0.39, 0.29) is 0 Å². The van der Waals surface area contributed by atoms with Crippen molar-refractivity contribution in [1.82, 2.24) is 15.2 Å². The predicted molar refractivity (Wildman–Crippen MR) is 87.6 cm³/mol. The molecule has 0 spiro atoms. The molecule has 0 aliphatic carbocycles. The highest BCUT2D eigenvalue weighted by molar-refractivity contribution is 7.98. The summed E-state index contributed by atoms with van der Waals surface area (Å²) in [7, 11) is 0. The highest BCUT2D eigenvalue weighted by atomic mass is 32.2. The van der Waals surface area contributed by atoms with E-state index in [1.54, 1.807) is 11.8 Å². The highest BCUT2D eigenvalue weighted by Crippen LogP contribution is 2.24. The average Bonchev–Trinajstić information content (AvgIpc) is 3.05. The molecule has 21 heavy (non-hydrogen) atoms. The molecule has 1 saturated heterocycles. The fourth-order valence-electron chi connectivity index (χ4n) is 2.71. The lowest BCUT2D eigenvalue weighted by atomic mass is 9.99. The fraction of sp³-hybridized carbons (Fsp3) is 0.467. The Hall–Kier alpha value is -1.53. The van der Waals surface area contributed by atoms with Crippen LogP contribution >= 0.6 is 11.8 Å². The molecule has 5 nitrogen and oxygen atoms in total. The maximum atomic E-state index is 5.79. The Kier molecular flexibility index (Phi) is 4.45. The monoisotopic (exact) mass is 303 g/mol. The SMILES string of the molecule is CSc1ccc(-c2nc(N3CCCC(CN)C3)n[nH]2)cc1. The summed E-state index contributed by atoms with van der Waals surface area (Å²) >= 11 is 1.74. The van der Waals surface area contributed by atoms with Crippen LogP contribution in [0.2, 0.25) is 0 Å². The summed E-state index contributed by atoms with van der Waals surface area (Å²) in [6, 6.07) is 8.37. The van der Waals surface area contributed by atoms with Gasteiger partial charge in [0.2, 0.25) is 5.95 Å². The molecule has 0 amide bonds. The number of piperidine rings is 1. The molecule has 6 heteroatoms. The maximum absolute atomic E-state index is 5.79. The van der Waals surface area contributed by atoms with E-state index in [0.29, 0.717) is 5.92 Å². The van der Waals surface area contributed by atoms with Gasteiger partial charge >= 0.3 is 0 Å². The predicted octanol–water partition coefficient (Wildman–Crippen LogP) is 2.37. The minimum atomic E-state index is 0.557. The number of hydrogen-bond donors (Lipinski definition) is 2. The molecule has 1 aromatic carbocycles. The summed E-state index contributed by atoms with van der Waals surface area (Å²) < 4.78 is 0. The van der Waals surface area contributed by atoms with Crippen LogP contribution in [-0.4, -0.2) is 41.1 Å². The third kappa shape index (κ3) is 3.22. The lowest BCUT2D eigenvalue weighted by Gasteiger charge is -2.31. The van der Waals surface area contributed by atoms with E-state index in [2.05, 4.69) is 50.6 Å². The van der Waals surface area contributed by atoms with Crippen molar-refractivity contribution in [3.05, 3.63) is 24.3 Å². The molecule has 1 atom stereocenters. The molecule has 112 valence electrons. The molecule has 1 unspecified atom stereocenters. The second kappa shape index (κ2) is 6.49. The van der Waals surface area contributed by atoms with Gasteiger partial charge in [0.25, 0.3) is 0 Å². The lowest BCUT2D eigenvalue weighted by molar-refractivity contribution is 0.420. The summed E-state index contributed by atoms with van der Waals surface area (Å²) in [4.78, 5) is 8.12. The Morgan fingerprint density at radius 2 is 2.19 bits per heavy atom. The van der Waals surface area contributed by atoms with Crippen molar-refractivity contribution in [3.63, 3.8) is 0 Å². The van der Waals surface area contributed by atoms with Gasteiger partial charge < -0.3 is 10.6 Å². The Morgan fingerprint density at radius 3 is 2.90 bits per heavy atom. The van der Waals surface area contributed by atoms with Crippen LogP contribution in [0.1, 0.15) is 12.8 Å². The number of anilines is 1. The second-order valence-corrected chi connectivity index (χ2v) is 6.28. The molecule has 1 aromatic heterocycles. The largest absolute Gasteiger partial charge is 0.339 e. The lowest BCUT2D eigenvalue weighted by Crippen LogP contribution is -2.38. The number of thioether (sulfide) groups is 1. The maximum Gasteiger partial charge on any atom is 0.245 e. The van der Waals surface area contributed by atoms with Gasteiger partial charge in [-0.3, -0.25) is 5.10 Å². The van der Waals surface area contributed by atoms with Gasteiger partial charge in [-0.2, -0.15) is 4.98 Å². The van der Waals surface area contributed by atoms with E-state index in [1.165, 1.54) is 11.3 Å². The second-order valence-electron chi connectivity index (χ2n) is 5.40. The van der Waals surface area contributed by atoms with Crippen molar-refractivity contribution < 1.29 is 0 Å². The zero-order valence-electron chi connectivity index (χ0n) is 12.2. The fourth-order valence-corrected chi connectivity index (χ4v) is 3.12. The first-order chi connectivity index (χ1) is 10.3. The van der Waals surface area contributed by atoms with Crippen LogP contribution in [0.15, 0.2) is 29.2 Å². The van der Waals surface area contributed by atoms with E-state index in [9.17, 15) is 0 Å². The van der Waals surface area contributed by atoms with Gasteiger partial charge in [-0.1, -0.05) is 12.1 Å². The minimum absolute atomic E-state index is 0.557. The van der Waals surface area contributed by atoms with Crippen LogP contribution in [-0.2, 0) is 0 Å². The van der Waals surface area contributed by atoms with Crippen LogP contribution < -0.4 is 10.6 Å². The number of benzene rings is 1. The van der Waals surface area contributed by atoms with E-state index in [1.807, 2.05) is 0 Å². The Balaban J connectivity index is 1.76. The highest BCUT2D eigenvalue weighted by Gasteiger charge is 2.21. The van der Waals surface area contributed by atoms with Crippen LogP contribution in [0.25, 0.3) is 11.4 Å². The van der Waals surface area contributed by atoms with Gasteiger partial charge in [0.05, 0.1) is 0 Å². The van der Waals surface area contributed by atoms with Crippen LogP contribution in [0.5, 0.6) is 0 Å². The summed E-state index contributed by atoms with van der Waals surface area (Å²) in [5.41, 5.74) is 6.86. The van der Waals surface area contributed by atoms with E-state index < -0.39 is 0 Å². The summed E-state index contributed by atoms with van der Waals surface area (Å²) in [5.74, 6) is 2.17. The first-order valence-corrected chi connectivity index (χ1v) is 8.54. The van der Waals surface area contributed by atoms with Gasteiger partial charge in [-0.05, 0) is 43.7 Å². The van der Waals surface area contributed by atoms with Crippen LogP contribution in [0.3, 0.4) is 0 Å². The zero-order valence-corrected chi connectivity index (χ0v) is 13.1. The third-order valence-corrected chi connectivity index (χ3v) is 4.72. The molecule has 3 N–H and O–H groups in total. The zero-order chi connectivity index (χ0) is 14.7. The molecular formula is C15H21N5S. The van der Waals surface area contributed by atoms with Gasteiger partial charge in [-0.25, -0.2) is 0 Å².